The summed E-state index contributed by atoms with van der Waals surface area (Å²) in [6.07, 6.45) is 0.333. The van der Waals surface area contributed by atoms with E-state index in [1.54, 1.807) is 72.7 Å². The Bertz CT molecular complexity index is 1820. The van der Waals surface area contributed by atoms with Crippen molar-refractivity contribution >= 4 is 37.3 Å². The van der Waals surface area contributed by atoms with Gasteiger partial charge in [-0.2, -0.15) is 4.67 Å². The molecule has 5 N–H and O–H groups in total. The molecule has 1 saturated heterocycles. The number of hydrogen-bond donors (Lipinski definition) is 5. The molecule has 1 aromatic carbocycles. The number of benzene rings is 1. The van der Waals surface area contributed by atoms with E-state index < -0.39 is 79.8 Å². The molecule has 11 atom stereocenters. The highest BCUT2D eigenvalue weighted by atomic mass is 31.2. The minimum atomic E-state index is -4.57. The number of hydrogen-bond acceptors (Lipinski definition) is 11. The van der Waals surface area contributed by atoms with Crippen molar-refractivity contribution in [2.75, 3.05) is 61.1 Å². The summed E-state index contributed by atoms with van der Waals surface area (Å²) >= 11 is 0. The molecule has 2 rings (SSSR count). The molecule has 380 valence electrons. The summed E-state index contributed by atoms with van der Waals surface area (Å²) in [5, 5.41) is 22.6. The van der Waals surface area contributed by atoms with E-state index in [0.29, 0.717) is 44.3 Å². The first-order chi connectivity index (χ1) is 31.6. The molecule has 0 aliphatic carbocycles. The molecule has 1 fully saturated rings. The Morgan fingerprint density at radius 3 is 2.19 bits per heavy atom. The number of likely N-dealkylation sites (N-methyl/N-ethyl adjacent to an activating group) is 2. The number of carbonyl (C=O) groups excluding carboxylic acids is 5. The molecule has 5 amide bonds. The van der Waals surface area contributed by atoms with Gasteiger partial charge < -0.3 is 45.2 Å². The number of aliphatic hydroxyl groups is 1. The lowest BCUT2D eigenvalue weighted by atomic mass is 9.89. The molecule has 0 bridgehead atoms. The molecule has 0 radical (unpaired) electrons. The average molecular weight is 966 g/mol. The topological polar surface area (TPSA) is 265 Å². The van der Waals surface area contributed by atoms with Gasteiger partial charge in [-0.3, -0.25) is 28.5 Å². The van der Waals surface area contributed by atoms with Gasteiger partial charge in [0, 0.05) is 64.7 Å². The fourth-order valence-electron chi connectivity index (χ4n) is 8.72. The lowest BCUT2D eigenvalue weighted by Gasteiger charge is -2.40. The van der Waals surface area contributed by atoms with Gasteiger partial charge in [-0.25, -0.2) is 4.57 Å². The number of nitrogens with one attached hydrogen (secondary N) is 3. The maximum absolute atomic E-state index is 14.5. The predicted octanol–water partition coefficient (Wildman–Crippen LogP) is 4.81. The SMILES string of the molecule is CC[C@H](C)[C@@H]([C@@H](CC(=O)N1CCC([C@H](OC)[C@@H](C)C(=O)N[C@H](C)[C@@H](O)c2ccccc2)C1)OC)N(C)C(=O)[C@@H](NC(=O)[C@H](C(C)C)N(C)P(=O)(O)OCCNC(=O)CCCCN=[N+]=[N-])C(C)C. The van der Waals surface area contributed by atoms with Crippen LogP contribution in [0.25, 0.3) is 10.4 Å². The number of methoxy groups -OCH3 is 2. The molecule has 0 aromatic heterocycles. The Balaban J connectivity index is 2.14. The van der Waals surface area contributed by atoms with Crippen LogP contribution in [-0.4, -0.2) is 151 Å². The third kappa shape index (κ3) is 17.7. The van der Waals surface area contributed by atoms with Crippen molar-refractivity contribution < 1.29 is 52.5 Å². The molecule has 21 heteroatoms. The summed E-state index contributed by atoms with van der Waals surface area (Å²) in [6, 6.07) is 5.73. The highest BCUT2D eigenvalue weighted by Crippen LogP contribution is 2.47. The zero-order valence-electron chi connectivity index (χ0n) is 41.8. The van der Waals surface area contributed by atoms with Gasteiger partial charge >= 0.3 is 7.75 Å². The average Bonchev–Trinajstić information content (AvgIpc) is 3.79. The van der Waals surface area contributed by atoms with E-state index in [4.69, 9.17) is 19.5 Å². The summed E-state index contributed by atoms with van der Waals surface area (Å²) in [7, 11) is 1.40. The summed E-state index contributed by atoms with van der Waals surface area (Å²) in [5.74, 6) is -3.58. The van der Waals surface area contributed by atoms with Gasteiger partial charge in [0.15, 0.2) is 0 Å². The van der Waals surface area contributed by atoms with Crippen molar-refractivity contribution in [3.8, 4) is 0 Å². The van der Waals surface area contributed by atoms with Crippen LogP contribution in [0.4, 0.5) is 0 Å². The number of aliphatic hydroxyl groups excluding tert-OH is 1. The molecule has 1 aliphatic rings. The maximum Gasteiger partial charge on any atom is 0.406 e. The van der Waals surface area contributed by atoms with Crippen LogP contribution < -0.4 is 16.0 Å². The van der Waals surface area contributed by atoms with Crippen LogP contribution in [0.3, 0.4) is 0 Å². The maximum atomic E-state index is 14.5. The summed E-state index contributed by atoms with van der Waals surface area (Å²) in [6.45, 7) is 15.2. The Kier molecular flexibility index (Phi) is 25.6. The van der Waals surface area contributed by atoms with E-state index in [2.05, 4.69) is 26.0 Å². The van der Waals surface area contributed by atoms with E-state index in [-0.39, 0.29) is 62.1 Å². The monoisotopic (exact) mass is 966 g/mol. The number of rotatable bonds is 30. The van der Waals surface area contributed by atoms with Crippen molar-refractivity contribution in [2.45, 2.75) is 136 Å². The second-order valence-corrected chi connectivity index (χ2v) is 20.3. The fourth-order valence-corrected chi connectivity index (χ4v) is 9.92. The Hall–Kier alpha value is -4.13. The van der Waals surface area contributed by atoms with Crippen molar-refractivity contribution in [3.63, 3.8) is 0 Å². The lowest BCUT2D eigenvalue weighted by Crippen LogP contribution is -2.59. The van der Waals surface area contributed by atoms with Gasteiger partial charge in [0.05, 0.1) is 49.3 Å². The Morgan fingerprint density at radius 2 is 1.63 bits per heavy atom. The van der Waals surface area contributed by atoms with Crippen LogP contribution in [0.1, 0.15) is 106 Å². The Morgan fingerprint density at radius 1 is 0.970 bits per heavy atom. The number of carbonyl (C=O) groups is 5. The summed E-state index contributed by atoms with van der Waals surface area (Å²) < 4.78 is 31.6. The van der Waals surface area contributed by atoms with E-state index in [1.807, 2.05) is 32.0 Å². The van der Waals surface area contributed by atoms with Gasteiger partial charge in [0.1, 0.15) is 12.1 Å². The molecule has 1 aliphatic heterocycles. The second kappa shape index (κ2) is 29.0. The van der Waals surface area contributed by atoms with E-state index in [0.717, 1.165) is 4.67 Å². The first-order valence-corrected chi connectivity index (χ1v) is 25.0. The smallest absolute Gasteiger partial charge is 0.386 e. The van der Waals surface area contributed by atoms with Gasteiger partial charge in [-0.05, 0) is 62.1 Å². The second-order valence-electron chi connectivity index (χ2n) is 18.4. The molecule has 20 nitrogen and oxygen atoms in total. The summed E-state index contributed by atoms with van der Waals surface area (Å²) in [4.78, 5) is 85.0. The van der Waals surface area contributed by atoms with Gasteiger partial charge in [-0.15, -0.1) is 0 Å². The third-order valence-electron chi connectivity index (χ3n) is 12.9. The molecule has 1 heterocycles. The van der Waals surface area contributed by atoms with E-state index >= 15 is 0 Å². The van der Waals surface area contributed by atoms with Crippen LogP contribution in [0.15, 0.2) is 35.4 Å². The van der Waals surface area contributed by atoms with Crippen LogP contribution in [0, 0.1) is 29.6 Å². The van der Waals surface area contributed by atoms with Gasteiger partial charge in [0.2, 0.25) is 29.5 Å². The highest BCUT2D eigenvalue weighted by molar-refractivity contribution is 7.50. The Labute approximate surface area is 397 Å². The molecular formula is C46H80N9O11P. The molecule has 2 unspecified atom stereocenters. The predicted molar refractivity (Wildman–Crippen MR) is 255 cm³/mol. The van der Waals surface area contributed by atoms with Crippen molar-refractivity contribution in [1.82, 2.24) is 30.4 Å². The molecule has 1 aromatic rings. The number of nitrogens with zero attached hydrogens (tertiary/aromatic N) is 6. The van der Waals surface area contributed by atoms with Gasteiger partial charge in [0.25, 0.3) is 0 Å². The lowest BCUT2D eigenvalue weighted by molar-refractivity contribution is -0.146. The quantitative estimate of drug-likeness (QED) is 0.0229. The first-order valence-electron chi connectivity index (χ1n) is 23.5. The molecule has 67 heavy (non-hydrogen) atoms. The largest absolute Gasteiger partial charge is 0.406 e. The highest BCUT2D eigenvalue weighted by Gasteiger charge is 2.43. The number of likely N-dealkylation sites (tertiary alicyclic amines) is 1. The number of amides is 5. The van der Waals surface area contributed by atoms with Crippen LogP contribution in [0.5, 0.6) is 0 Å². The molecular weight excluding hydrogens is 886 g/mol. The van der Waals surface area contributed by atoms with Crippen molar-refractivity contribution in [1.29, 1.82) is 0 Å². The zero-order chi connectivity index (χ0) is 50.6. The third-order valence-corrected chi connectivity index (χ3v) is 14.4. The van der Waals surface area contributed by atoms with Gasteiger partial charge in [-0.1, -0.05) is 90.3 Å². The minimum Gasteiger partial charge on any atom is -0.386 e. The van der Waals surface area contributed by atoms with Crippen molar-refractivity contribution in [2.24, 2.45) is 34.7 Å². The van der Waals surface area contributed by atoms with E-state index in [9.17, 15) is 38.5 Å². The summed E-state index contributed by atoms with van der Waals surface area (Å²) in [5.41, 5.74) is 9.06. The van der Waals surface area contributed by atoms with Crippen LogP contribution in [0.2, 0.25) is 0 Å². The van der Waals surface area contributed by atoms with E-state index in [1.165, 1.54) is 19.1 Å². The molecule has 0 saturated carbocycles. The zero-order valence-corrected chi connectivity index (χ0v) is 42.7. The van der Waals surface area contributed by atoms with Crippen LogP contribution in [-0.2, 0) is 42.5 Å². The number of ether oxygens (including phenoxy) is 2. The standard InChI is InChI=1S/C46H80N9O11P/c1-13-31(6)41(36(64-11)27-38(57)55-25-22-35(28-55)43(65-12)32(7)44(59)50-33(8)42(58)34-19-15-14-16-20-34)53(9)46(61)39(29(2)3)51-45(60)40(30(4)5)54(10)67(62,63)66-26-24-48-37(56)21-17-18-23-49-52-47/h14-16,19-20,29-33,35-36,39-43,58H,13,17-18,21-28H2,1-12H3,(H,48,56)(H,50,59)(H,51,60)(H,62,63)/t31-,32+,33+,35?,36+,39-,40-,41-,42+,43+/m0/s1. The number of azide groups is 1. The first kappa shape index (κ1) is 59.0. The van der Waals surface area contributed by atoms with Crippen LogP contribution >= 0.6 is 7.75 Å². The minimum absolute atomic E-state index is 0.0360. The van der Waals surface area contributed by atoms with Crippen molar-refractivity contribution in [3.05, 3.63) is 46.3 Å². The fraction of sp³-hybridized carbons (Fsp3) is 0.761. The molecule has 0 spiro atoms. The normalized spacial score (nSPS) is 18.9. The number of unbranched alkanes of at least 4 members (excludes halogenated alkanes) is 1.